The fourth-order valence-electron chi connectivity index (χ4n) is 4.38. The SMILES string of the molecule is c1ccc(-n2ncc(C3CCCCC3)c2C2CCNCC2)cc1. The quantitative estimate of drug-likeness (QED) is 0.911. The largest absolute Gasteiger partial charge is 0.317 e. The molecule has 2 aliphatic rings. The number of aromatic nitrogens is 2. The van der Waals surface area contributed by atoms with Gasteiger partial charge in [0.25, 0.3) is 0 Å². The second-order valence-electron chi connectivity index (χ2n) is 7.09. The summed E-state index contributed by atoms with van der Waals surface area (Å²) in [6.07, 6.45) is 11.5. The Morgan fingerprint density at radius 2 is 1.61 bits per heavy atom. The smallest absolute Gasteiger partial charge is 0.0649 e. The number of nitrogens with one attached hydrogen (secondary N) is 1. The summed E-state index contributed by atoms with van der Waals surface area (Å²) in [4.78, 5) is 0. The lowest BCUT2D eigenvalue weighted by Gasteiger charge is -2.28. The van der Waals surface area contributed by atoms with Crippen LogP contribution in [0.5, 0.6) is 0 Å². The van der Waals surface area contributed by atoms with Gasteiger partial charge in [0.05, 0.1) is 17.6 Å². The predicted octanol–water partition coefficient (Wildman–Crippen LogP) is 4.39. The lowest BCUT2D eigenvalue weighted by molar-refractivity contribution is 0.419. The van der Waals surface area contributed by atoms with E-state index in [1.165, 1.54) is 56.3 Å². The van der Waals surface area contributed by atoms with Gasteiger partial charge in [-0.15, -0.1) is 0 Å². The summed E-state index contributed by atoms with van der Waals surface area (Å²) in [6, 6.07) is 10.7. The van der Waals surface area contributed by atoms with Crippen LogP contribution in [0.2, 0.25) is 0 Å². The fourth-order valence-corrected chi connectivity index (χ4v) is 4.38. The summed E-state index contributed by atoms with van der Waals surface area (Å²) in [5, 5.41) is 8.34. The number of hydrogen-bond acceptors (Lipinski definition) is 2. The van der Waals surface area contributed by atoms with Gasteiger partial charge in [-0.3, -0.25) is 0 Å². The Morgan fingerprint density at radius 3 is 2.35 bits per heavy atom. The number of hydrogen-bond donors (Lipinski definition) is 1. The van der Waals surface area contributed by atoms with Crippen LogP contribution in [0.15, 0.2) is 36.5 Å². The van der Waals surface area contributed by atoms with Crippen molar-refractivity contribution in [2.24, 2.45) is 0 Å². The van der Waals surface area contributed by atoms with E-state index < -0.39 is 0 Å². The average Bonchev–Trinajstić information content (AvgIpc) is 3.09. The Balaban J connectivity index is 1.75. The first kappa shape index (κ1) is 14.9. The molecule has 0 bridgehead atoms. The maximum Gasteiger partial charge on any atom is 0.0649 e. The molecule has 23 heavy (non-hydrogen) atoms. The molecule has 1 aliphatic carbocycles. The van der Waals surface area contributed by atoms with Crippen molar-refractivity contribution in [3.05, 3.63) is 47.8 Å². The Morgan fingerprint density at radius 1 is 0.870 bits per heavy atom. The summed E-state index contributed by atoms with van der Waals surface area (Å²) in [6.45, 7) is 2.27. The molecule has 0 unspecified atom stereocenters. The van der Waals surface area contributed by atoms with Crippen LogP contribution in [-0.4, -0.2) is 22.9 Å². The molecule has 1 aromatic heterocycles. The third-order valence-electron chi connectivity index (χ3n) is 5.61. The molecule has 3 nitrogen and oxygen atoms in total. The maximum atomic E-state index is 4.83. The van der Waals surface area contributed by atoms with Crippen LogP contribution in [0, 0.1) is 0 Å². The summed E-state index contributed by atoms with van der Waals surface area (Å²) >= 11 is 0. The molecule has 1 saturated carbocycles. The molecule has 0 atom stereocenters. The van der Waals surface area contributed by atoms with Crippen molar-refractivity contribution in [1.29, 1.82) is 0 Å². The van der Waals surface area contributed by atoms with Crippen LogP contribution in [0.25, 0.3) is 5.69 Å². The molecule has 2 fully saturated rings. The van der Waals surface area contributed by atoms with Crippen LogP contribution >= 0.6 is 0 Å². The minimum absolute atomic E-state index is 0.649. The summed E-state index contributed by atoms with van der Waals surface area (Å²) < 4.78 is 2.24. The molecule has 0 radical (unpaired) electrons. The number of para-hydroxylation sites is 1. The van der Waals surface area contributed by atoms with E-state index >= 15 is 0 Å². The van der Waals surface area contributed by atoms with Gasteiger partial charge in [0.1, 0.15) is 0 Å². The maximum absolute atomic E-state index is 4.83. The Bertz CT molecular complexity index is 620. The zero-order chi connectivity index (χ0) is 15.5. The molecule has 2 aromatic rings. The van der Waals surface area contributed by atoms with Crippen LogP contribution in [0.4, 0.5) is 0 Å². The van der Waals surface area contributed by atoms with Gasteiger partial charge in [-0.1, -0.05) is 37.5 Å². The van der Waals surface area contributed by atoms with Gasteiger partial charge in [-0.2, -0.15) is 5.10 Å². The minimum atomic E-state index is 0.649. The highest BCUT2D eigenvalue weighted by Gasteiger charge is 2.28. The molecule has 1 aliphatic heterocycles. The molecule has 0 spiro atoms. The van der Waals surface area contributed by atoms with Crippen molar-refractivity contribution in [3.63, 3.8) is 0 Å². The van der Waals surface area contributed by atoms with Crippen LogP contribution in [-0.2, 0) is 0 Å². The second-order valence-corrected chi connectivity index (χ2v) is 7.09. The fraction of sp³-hybridized carbons (Fsp3) is 0.550. The normalized spacial score (nSPS) is 20.7. The van der Waals surface area contributed by atoms with E-state index in [-0.39, 0.29) is 0 Å². The van der Waals surface area contributed by atoms with Crippen LogP contribution in [0.1, 0.15) is 68.0 Å². The molecule has 122 valence electrons. The van der Waals surface area contributed by atoms with E-state index in [1.807, 2.05) is 0 Å². The standard InChI is InChI=1S/C20H27N3/c1-3-7-16(8-4-1)19-15-22-23(18-9-5-2-6-10-18)20(19)17-11-13-21-14-12-17/h2,5-6,9-10,15-17,21H,1,3-4,7-8,11-14H2. The Hall–Kier alpha value is -1.61. The summed E-state index contributed by atoms with van der Waals surface area (Å²) in [5.74, 6) is 1.38. The zero-order valence-corrected chi connectivity index (χ0v) is 13.9. The molecule has 0 amide bonds. The monoisotopic (exact) mass is 309 g/mol. The van der Waals surface area contributed by atoms with E-state index in [0.717, 1.165) is 19.0 Å². The van der Waals surface area contributed by atoms with E-state index in [9.17, 15) is 0 Å². The minimum Gasteiger partial charge on any atom is -0.317 e. The highest BCUT2D eigenvalue weighted by molar-refractivity contribution is 5.38. The topological polar surface area (TPSA) is 29.9 Å². The second kappa shape index (κ2) is 6.88. The van der Waals surface area contributed by atoms with Crippen LogP contribution < -0.4 is 5.32 Å². The van der Waals surface area contributed by atoms with Crippen molar-refractivity contribution in [3.8, 4) is 5.69 Å². The summed E-state index contributed by atoms with van der Waals surface area (Å²) in [7, 11) is 0. The Kier molecular flexibility index (Phi) is 4.47. The predicted molar refractivity (Wildman–Crippen MR) is 94.2 cm³/mol. The zero-order valence-electron chi connectivity index (χ0n) is 13.9. The molecule has 1 N–H and O–H groups in total. The third-order valence-corrected chi connectivity index (χ3v) is 5.61. The van der Waals surface area contributed by atoms with Crippen molar-refractivity contribution in [1.82, 2.24) is 15.1 Å². The van der Waals surface area contributed by atoms with Crippen molar-refractivity contribution < 1.29 is 0 Å². The lowest BCUT2D eigenvalue weighted by Crippen LogP contribution is -2.28. The van der Waals surface area contributed by atoms with Gasteiger partial charge in [-0.25, -0.2) is 4.68 Å². The van der Waals surface area contributed by atoms with Gasteiger partial charge >= 0.3 is 0 Å². The Labute approximate surface area is 139 Å². The van der Waals surface area contributed by atoms with Crippen molar-refractivity contribution >= 4 is 0 Å². The summed E-state index contributed by atoms with van der Waals surface area (Å²) in [5.41, 5.74) is 4.26. The van der Waals surface area contributed by atoms with Gasteiger partial charge in [0.2, 0.25) is 0 Å². The first-order valence-electron chi connectivity index (χ1n) is 9.27. The highest BCUT2D eigenvalue weighted by atomic mass is 15.3. The molecular weight excluding hydrogens is 282 g/mol. The molecule has 2 heterocycles. The van der Waals surface area contributed by atoms with E-state index in [4.69, 9.17) is 5.10 Å². The van der Waals surface area contributed by atoms with Crippen molar-refractivity contribution in [2.75, 3.05) is 13.1 Å². The number of piperidine rings is 1. The van der Waals surface area contributed by atoms with E-state index in [0.29, 0.717) is 5.92 Å². The van der Waals surface area contributed by atoms with E-state index in [2.05, 4.69) is 46.5 Å². The lowest BCUT2D eigenvalue weighted by atomic mass is 9.81. The van der Waals surface area contributed by atoms with Gasteiger partial charge in [0, 0.05) is 5.92 Å². The van der Waals surface area contributed by atoms with Gasteiger partial charge < -0.3 is 5.32 Å². The molecule has 1 saturated heterocycles. The molecule has 3 heteroatoms. The average molecular weight is 309 g/mol. The van der Waals surface area contributed by atoms with Crippen molar-refractivity contribution in [2.45, 2.75) is 56.8 Å². The third kappa shape index (κ3) is 3.07. The van der Waals surface area contributed by atoms with Gasteiger partial charge in [-0.05, 0) is 62.4 Å². The number of benzene rings is 1. The first-order valence-corrected chi connectivity index (χ1v) is 9.27. The first-order chi connectivity index (χ1) is 11.4. The molecule has 1 aromatic carbocycles. The molecule has 4 rings (SSSR count). The van der Waals surface area contributed by atoms with Crippen LogP contribution in [0.3, 0.4) is 0 Å². The number of rotatable bonds is 3. The van der Waals surface area contributed by atoms with Gasteiger partial charge in [0.15, 0.2) is 0 Å². The molecular formula is C20H27N3. The highest BCUT2D eigenvalue weighted by Crippen LogP contribution is 2.39. The van der Waals surface area contributed by atoms with E-state index in [1.54, 1.807) is 5.56 Å². The number of nitrogens with zero attached hydrogens (tertiary/aromatic N) is 2.